The Balaban J connectivity index is 3.00. The number of para-hydroxylation sites is 1. The summed E-state index contributed by atoms with van der Waals surface area (Å²) in [5.74, 6) is 0. The van der Waals surface area contributed by atoms with Crippen molar-refractivity contribution in [3.63, 3.8) is 0 Å². The first-order chi connectivity index (χ1) is 11.8. The van der Waals surface area contributed by atoms with E-state index in [0.29, 0.717) is 36.9 Å². The Hall–Kier alpha value is -2.04. The van der Waals surface area contributed by atoms with E-state index in [-0.39, 0.29) is 11.2 Å². The lowest BCUT2D eigenvalue weighted by Gasteiger charge is -2.23. The van der Waals surface area contributed by atoms with Crippen LogP contribution in [-0.2, 0) is 31.9 Å². The van der Waals surface area contributed by atoms with Crippen LogP contribution in [-0.4, -0.2) is 4.57 Å². The van der Waals surface area contributed by atoms with Crippen molar-refractivity contribution in [2.24, 2.45) is 0 Å². The maximum absolute atomic E-state index is 13.5. The minimum atomic E-state index is -4.51. The summed E-state index contributed by atoms with van der Waals surface area (Å²) < 4.78 is 41.8. The molecular weight excluding hydrogens is 327 g/mol. The molecule has 0 radical (unpaired) electrons. The molecule has 2 aromatic rings. The van der Waals surface area contributed by atoms with Gasteiger partial charge in [0.15, 0.2) is 0 Å². The number of hydrogen-bond donors (Lipinski definition) is 0. The molecule has 136 valence electrons. The van der Waals surface area contributed by atoms with Crippen LogP contribution >= 0.6 is 0 Å². The van der Waals surface area contributed by atoms with Crippen molar-refractivity contribution in [3.8, 4) is 5.69 Å². The largest absolute Gasteiger partial charge is 0.418 e. The van der Waals surface area contributed by atoms with Crippen LogP contribution in [0, 0.1) is 0 Å². The van der Waals surface area contributed by atoms with Gasteiger partial charge in [-0.1, -0.05) is 39.8 Å². The molecule has 2 rings (SSSR count). The van der Waals surface area contributed by atoms with Gasteiger partial charge in [0, 0.05) is 11.3 Å². The monoisotopic (exact) mass is 351 g/mol. The summed E-state index contributed by atoms with van der Waals surface area (Å²) in [4.78, 5) is 13.1. The highest BCUT2D eigenvalue weighted by atomic mass is 19.4. The molecule has 2 nitrogen and oxygen atoms in total. The normalized spacial score (nSPS) is 11.8. The second-order valence-electron chi connectivity index (χ2n) is 5.95. The van der Waals surface area contributed by atoms with Gasteiger partial charge in [-0.2, -0.15) is 13.2 Å². The number of hydrogen-bond acceptors (Lipinski definition) is 1. The standard InChI is InChI=1S/C20H24F3NO/c1-5-13-14(6-2)17(8-4)24(19(25)15(13)7-3)18-12-10-9-11-16(18)20(21,22)23/h9-12H,5-8H2,1-4H3. The van der Waals surface area contributed by atoms with Gasteiger partial charge in [-0.3, -0.25) is 9.36 Å². The van der Waals surface area contributed by atoms with E-state index < -0.39 is 11.7 Å². The number of pyridine rings is 1. The molecule has 0 fully saturated rings. The van der Waals surface area contributed by atoms with E-state index in [1.165, 1.54) is 16.7 Å². The Kier molecular flexibility index (Phi) is 5.76. The summed E-state index contributed by atoms with van der Waals surface area (Å²) in [5.41, 5.74) is 2.10. The smallest absolute Gasteiger partial charge is 0.280 e. The van der Waals surface area contributed by atoms with Crippen LogP contribution in [0.3, 0.4) is 0 Å². The van der Waals surface area contributed by atoms with Crippen molar-refractivity contribution in [3.05, 3.63) is 62.6 Å². The van der Waals surface area contributed by atoms with Crippen LogP contribution in [0.1, 0.15) is 55.6 Å². The quantitative estimate of drug-likeness (QED) is 0.734. The zero-order valence-corrected chi connectivity index (χ0v) is 15.1. The average Bonchev–Trinajstić information content (AvgIpc) is 2.59. The lowest BCUT2D eigenvalue weighted by molar-refractivity contribution is -0.137. The first kappa shape index (κ1) is 19.3. The molecule has 5 heteroatoms. The van der Waals surface area contributed by atoms with Crippen molar-refractivity contribution in [2.45, 2.75) is 59.6 Å². The summed E-state index contributed by atoms with van der Waals surface area (Å²) in [6, 6.07) is 5.31. The van der Waals surface area contributed by atoms with Gasteiger partial charge in [-0.25, -0.2) is 0 Å². The Morgan fingerprint density at radius 1 is 0.840 bits per heavy atom. The van der Waals surface area contributed by atoms with Crippen molar-refractivity contribution in [1.29, 1.82) is 0 Å². The molecule has 0 saturated heterocycles. The fourth-order valence-electron chi connectivity index (χ4n) is 3.62. The van der Waals surface area contributed by atoms with E-state index in [9.17, 15) is 18.0 Å². The summed E-state index contributed by atoms with van der Waals surface area (Å²) >= 11 is 0. The maximum Gasteiger partial charge on any atom is 0.418 e. The summed E-state index contributed by atoms with van der Waals surface area (Å²) in [7, 11) is 0. The predicted octanol–water partition coefficient (Wildman–Crippen LogP) is 5.11. The Bertz CT molecular complexity index is 819. The third-order valence-corrected chi connectivity index (χ3v) is 4.65. The second-order valence-corrected chi connectivity index (χ2v) is 5.95. The molecule has 0 atom stereocenters. The number of benzene rings is 1. The van der Waals surface area contributed by atoms with E-state index in [1.807, 2.05) is 27.7 Å². The highest BCUT2D eigenvalue weighted by Crippen LogP contribution is 2.34. The van der Waals surface area contributed by atoms with Crippen LogP contribution < -0.4 is 5.56 Å². The molecule has 0 bridgehead atoms. The third-order valence-electron chi connectivity index (χ3n) is 4.65. The van der Waals surface area contributed by atoms with Crippen molar-refractivity contribution < 1.29 is 13.2 Å². The van der Waals surface area contributed by atoms with Crippen LogP contribution in [0.15, 0.2) is 29.1 Å². The lowest BCUT2D eigenvalue weighted by Crippen LogP contribution is -2.30. The number of rotatable bonds is 5. The molecule has 25 heavy (non-hydrogen) atoms. The van der Waals surface area contributed by atoms with Crippen LogP contribution in [0.25, 0.3) is 5.69 Å². The maximum atomic E-state index is 13.5. The van der Waals surface area contributed by atoms with Crippen molar-refractivity contribution in [1.82, 2.24) is 4.57 Å². The fourth-order valence-corrected chi connectivity index (χ4v) is 3.62. The summed E-state index contributed by atoms with van der Waals surface area (Å²) in [6.45, 7) is 7.73. The first-order valence-electron chi connectivity index (χ1n) is 8.76. The van der Waals surface area contributed by atoms with Gasteiger partial charge >= 0.3 is 6.18 Å². The Morgan fingerprint density at radius 3 is 1.88 bits per heavy atom. The van der Waals surface area contributed by atoms with E-state index in [4.69, 9.17) is 0 Å². The molecule has 0 aliphatic heterocycles. The summed E-state index contributed by atoms with van der Waals surface area (Å²) in [5, 5.41) is 0. The molecule has 1 aromatic heterocycles. The summed E-state index contributed by atoms with van der Waals surface area (Å²) in [6.07, 6.45) is -2.11. The van der Waals surface area contributed by atoms with Gasteiger partial charge in [0.05, 0.1) is 11.3 Å². The molecule has 0 spiro atoms. The number of aromatic nitrogens is 1. The lowest BCUT2D eigenvalue weighted by atomic mass is 9.93. The molecule has 0 aliphatic rings. The fraction of sp³-hybridized carbons (Fsp3) is 0.450. The Morgan fingerprint density at radius 2 is 1.40 bits per heavy atom. The molecule has 1 heterocycles. The van der Waals surface area contributed by atoms with E-state index in [1.54, 1.807) is 6.07 Å². The topological polar surface area (TPSA) is 22.0 Å². The second kappa shape index (κ2) is 7.46. The van der Waals surface area contributed by atoms with E-state index in [2.05, 4.69) is 0 Å². The van der Waals surface area contributed by atoms with Gasteiger partial charge in [-0.05, 0) is 48.9 Å². The van der Waals surface area contributed by atoms with Crippen LogP contribution in [0.5, 0.6) is 0 Å². The molecule has 0 aliphatic carbocycles. The minimum absolute atomic E-state index is 0.0797. The minimum Gasteiger partial charge on any atom is -0.280 e. The van der Waals surface area contributed by atoms with Gasteiger partial charge in [0.1, 0.15) is 0 Å². The number of alkyl halides is 3. The molecular formula is C20H24F3NO. The molecule has 0 amide bonds. The van der Waals surface area contributed by atoms with Gasteiger partial charge in [0.25, 0.3) is 5.56 Å². The molecule has 0 N–H and O–H groups in total. The number of nitrogens with zero attached hydrogens (tertiary/aromatic N) is 1. The van der Waals surface area contributed by atoms with Gasteiger partial charge in [-0.15, -0.1) is 0 Å². The van der Waals surface area contributed by atoms with Gasteiger partial charge in [0.2, 0.25) is 0 Å². The van der Waals surface area contributed by atoms with E-state index >= 15 is 0 Å². The average molecular weight is 351 g/mol. The SMILES string of the molecule is CCc1c(CC)c(CC)n(-c2ccccc2C(F)(F)F)c(=O)c1CC. The molecule has 0 saturated carbocycles. The van der Waals surface area contributed by atoms with Crippen molar-refractivity contribution >= 4 is 0 Å². The highest BCUT2D eigenvalue weighted by Gasteiger charge is 2.34. The predicted molar refractivity (Wildman–Crippen MR) is 94.6 cm³/mol. The highest BCUT2D eigenvalue weighted by molar-refractivity contribution is 5.49. The zero-order chi connectivity index (χ0) is 18.8. The third kappa shape index (κ3) is 3.37. The van der Waals surface area contributed by atoms with Gasteiger partial charge < -0.3 is 0 Å². The van der Waals surface area contributed by atoms with Crippen LogP contribution in [0.4, 0.5) is 13.2 Å². The first-order valence-corrected chi connectivity index (χ1v) is 8.76. The molecule has 0 unspecified atom stereocenters. The number of halogens is 3. The van der Waals surface area contributed by atoms with E-state index in [0.717, 1.165) is 17.2 Å². The molecule has 1 aromatic carbocycles. The zero-order valence-electron chi connectivity index (χ0n) is 15.1. The van der Waals surface area contributed by atoms with Crippen molar-refractivity contribution in [2.75, 3.05) is 0 Å². The Labute approximate surface area is 146 Å². The van der Waals surface area contributed by atoms with Crippen LogP contribution in [0.2, 0.25) is 0 Å².